The second-order valence-electron chi connectivity index (χ2n) is 6.85. The normalized spacial score (nSPS) is 11.9. The zero-order chi connectivity index (χ0) is 19.4. The van der Waals surface area contributed by atoms with Crippen LogP contribution in [0.25, 0.3) is 0 Å². The molecular weight excluding hydrogens is 416 g/mol. The standard InChI is InChI=1S/C13H10.C9H11.C5H5.Zr/c1-3-7-12(8-4-1)11-13-9-5-2-6-10-13;1-2-5-9-7-3-6-8(9)4-1;1-2-4-5-3-1;/h1-10H;3,6-7H,1-2,4-5H2;1-5H;/q;2*-1;+2. The summed E-state index contributed by atoms with van der Waals surface area (Å²) in [7, 11) is 0. The van der Waals surface area contributed by atoms with Crippen molar-refractivity contribution in [3.63, 3.8) is 0 Å². The molecule has 1 aliphatic carbocycles. The molecule has 4 aromatic rings. The van der Waals surface area contributed by atoms with E-state index in [2.05, 4.69) is 78.9 Å². The van der Waals surface area contributed by atoms with Crippen molar-refractivity contribution in [2.24, 2.45) is 0 Å². The first kappa shape index (κ1) is 20.6. The number of fused-ring (bicyclic) bond motifs is 1. The fourth-order valence-corrected chi connectivity index (χ4v) is 4.13. The SMILES string of the molecule is [Zr+2]=[C](c1ccccc1)c1ccccc1.c1cc2c([cH-]1)CCCC2.c1cc[cH-]c1. The molecule has 0 amide bonds. The maximum Gasteiger partial charge on any atom is -0.0512 e. The molecule has 0 saturated heterocycles. The molecule has 0 aliphatic heterocycles. The second-order valence-corrected chi connectivity index (χ2v) is 8.08. The van der Waals surface area contributed by atoms with Crippen LogP contribution in [0.1, 0.15) is 35.1 Å². The van der Waals surface area contributed by atoms with Gasteiger partial charge in [0.05, 0.1) is 0 Å². The molecule has 0 N–H and O–H groups in total. The van der Waals surface area contributed by atoms with Crippen LogP contribution in [-0.2, 0) is 37.1 Å². The van der Waals surface area contributed by atoms with E-state index >= 15 is 0 Å². The Hall–Kier alpha value is -2.11. The third-order valence-electron chi connectivity index (χ3n) is 4.83. The first-order valence-electron chi connectivity index (χ1n) is 9.94. The summed E-state index contributed by atoms with van der Waals surface area (Å²) in [5, 5.41) is 0. The molecule has 0 saturated carbocycles. The van der Waals surface area contributed by atoms with E-state index in [4.69, 9.17) is 0 Å². The number of hydrogen-bond acceptors (Lipinski definition) is 0. The molecule has 1 aliphatic rings. The van der Waals surface area contributed by atoms with Gasteiger partial charge >= 0.3 is 99.2 Å². The third-order valence-corrected chi connectivity index (χ3v) is 6.25. The summed E-state index contributed by atoms with van der Waals surface area (Å²) in [5.74, 6) is 0. The van der Waals surface area contributed by atoms with Crippen LogP contribution >= 0.6 is 0 Å². The molecule has 0 unspecified atom stereocenters. The Morgan fingerprint density at radius 1 is 0.643 bits per heavy atom. The maximum atomic E-state index is 2.26. The molecule has 0 aromatic heterocycles. The van der Waals surface area contributed by atoms with Crippen molar-refractivity contribution in [3.8, 4) is 0 Å². The first-order valence-corrected chi connectivity index (χ1v) is 11.2. The van der Waals surface area contributed by atoms with Gasteiger partial charge in [-0.2, -0.15) is 41.5 Å². The molecule has 28 heavy (non-hydrogen) atoms. The molecule has 1 heteroatoms. The van der Waals surface area contributed by atoms with E-state index < -0.39 is 0 Å². The minimum absolute atomic E-state index is 1.32. The summed E-state index contributed by atoms with van der Waals surface area (Å²) in [5.41, 5.74) is 5.86. The predicted octanol–water partition coefficient (Wildman–Crippen LogP) is 6.49. The Morgan fingerprint density at radius 3 is 1.71 bits per heavy atom. The number of hydrogen-bond donors (Lipinski definition) is 0. The molecule has 4 aromatic carbocycles. The quantitative estimate of drug-likeness (QED) is 0.312. The first-order chi connectivity index (χ1) is 13.8. The van der Waals surface area contributed by atoms with Crippen molar-refractivity contribution in [1.29, 1.82) is 0 Å². The van der Waals surface area contributed by atoms with E-state index in [1.165, 1.54) is 64.3 Å². The number of aryl methyl sites for hydroxylation is 2. The van der Waals surface area contributed by atoms with Gasteiger partial charge in [-0.15, -0.1) is 0 Å². The number of rotatable bonds is 2. The van der Waals surface area contributed by atoms with Gasteiger partial charge in [0, 0.05) is 0 Å². The Labute approximate surface area is 183 Å². The molecule has 0 fully saturated rings. The fourth-order valence-electron chi connectivity index (χ4n) is 3.31. The summed E-state index contributed by atoms with van der Waals surface area (Å²) in [6, 6.07) is 37.8. The van der Waals surface area contributed by atoms with Crippen molar-refractivity contribution in [2.45, 2.75) is 25.7 Å². The average Bonchev–Trinajstić information content (AvgIpc) is 3.50. The maximum absolute atomic E-state index is 2.26. The van der Waals surface area contributed by atoms with Crippen LogP contribution in [0.5, 0.6) is 0 Å². The van der Waals surface area contributed by atoms with Crippen LogP contribution in [0.15, 0.2) is 109 Å². The minimum atomic E-state index is 1.32. The smallest absolute Gasteiger partial charge is 0.0512 e. The van der Waals surface area contributed by atoms with Crippen molar-refractivity contribution in [3.05, 3.63) is 131 Å². The summed E-state index contributed by atoms with van der Waals surface area (Å²) in [6.07, 6.45) is 5.44. The molecule has 0 radical (unpaired) electrons. The van der Waals surface area contributed by atoms with Gasteiger partial charge < -0.3 is 0 Å². The van der Waals surface area contributed by atoms with Gasteiger partial charge in [0.25, 0.3) is 0 Å². The van der Waals surface area contributed by atoms with Crippen molar-refractivity contribution >= 4 is 3.21 Å². The van der Waals surface area contributed by atoms with Crippen LogP contribution in [0.4, 0.5) is 0 Å². The predicted molar refractivity (Wildman–Crippen MR) is 117 cm³/mol. The molecule has 0 nitrogen and oxygen atoms in total. The van der Waals surface area contributed by atoms with Crippen LogP contribution in [-0.4, -0.2) is 3.21 Å². The van der Waals surface area contributed by atoms with Crippen LogP contribution in [0.3, 0.4) is 0 Å². The summed E-state index contributed by atoms with van der Waals surface area (Å²) >= 11 is 1.46. The molecule has 0 spiro atoms. The average molecular weight is 442 g/mol. The van der Waals surface area contributed by atoms with E-state index in [1.807, 2.05) is 30.3 Å². The van der Waals surface area contributed by atoms with Gasteiger partial charge in [-0.1, -0.05) is 25.7 Å². The molecule has 138 valence electrons. The minimum Gasteiger partial charge on any atom is -0.214 e. The molecule has 0 heterocycles. The van der Waals surface area contributed by atoms with Crippen LogP contribution in [0.2, 0.25) is 0 Å². The van der Waals surface area contributed by atoms with Gasteiger partial charge in [0.15, 0.2) is 0 Å². The van der Waals surface area contributed by atoms with E-state index in [0.29, 0.717) is 0 Å². The zero-order valence-corrected chi connectivity index (χ0v) is 18.7. The van der Waals surface area contributed by atoms with Gasteiger partial charge in [-0.3, -0.25) is 0 Å². The van der Waals surface area contributed by atoms with Gasteiger partial charge in [-0.05, 0) is 0 Å². The van der Waals surface area contributed by atoms with Gasteiger partial charge in [0.2, 0.25) is 0 Å². The largest absolute Gasteiger partial charge is 0.214 e. The van der Waals surface area contributed by atoms with Crippen LogP contribution < -0.4 is 0 Å². The van der Waals surface area contributed by atoms with Crippen molar-refractivity contribution < 1.29 is 24.2 Å². The van der Waals surface area contributed by atoms with Crippen molar-refractivity contribution in [1.82, 2.24) is 0 Å². The third kappa shape index (κ3) is 6.50. The van der Waals surface area contributed by atoms with E-state index in [-0.39, 0.29) is 0 Å². The zero-order valence-electron chi connectivity index (χ0n) is 16.2. The van der Waals surface area contributed by atoms with E-state index in [1.54, 1.807) is 11.1 Å². The van der Waals surface area contributed by atoms with E-state index in [0.717, 1.165) is 0 Å². The van der Waals surface area contributed by atoms with Gasteiger partial charge in [0.1, 0.15) is 0 Å². The summed E-state index contributed by atoms with van der Waals surface area (Å²) < 4.78 is 1.42. The fraction of sp³-hybridized carbons (Fsp3) is 0.148. The Kier molecular flexibility index (Phi) is 8.60. The van der Waals surface area contributed by atoms with E-state index in [9.17, 15) is 0 Å². The van der Waals surface area contributed by atoms with Crippen LogP contribution in [0, 0.1) is 0 Å². The summed E-state index contributed by atoms with van der Waals surface area (Å²) in [4.78, 5) is 0. The van der Waals surface area contributed by atoms with Crippen molar-refractivity contribution in [2.75, 3.05) is 0 Å². The molecule has 0 bridgehead atoms. The monoisotopic (exact) mass is 440 g/mol. The molecule has 5 rings (SSSR count). The summed E-state index contributed by atoms with van der Waals surface area (Å²) in [6.45, 7) is 0. The molecular formula is C27H26Zr. The topological polar surface area (TPSA) is 0 Å². The molecule has 0 atom stereocenters. The Bertz CT molecular complexity index is 836. The van der Waals surface area contributed by atoms with Gasteiger partial charge in [-0.25, -0.2) is 18.2 Å². The number of benzene rings is 2. The Balaban J connectivity index is 0.000000136. The second kappa shape index (κ2) is 11.7. The Morgan fingerprint density at radius 2 is 1.21 bits per heavy atom.